The fraction of sp³-hybridized carbons (Fsp3) is 0.227. The van der Waals surface area contributed by atoms with Gasteiger partial charge in [0.25, 0.3) is 0 Å². The van der Waals surface area contributed by atoms with Crippen LogP contribution in [0.4, 0.5) is 5.69 Å². The topological polar surface area (TPSA) is 90.0 Å². The summed E-state index contributed by atoms with van der Waals surface area (Å²) in [5.74, 6) is -0.333. The van der Waals surface area contributed by atoms with E-state index >= 15 is 0 Å². The predicted molar refractivity (Wildman–Crippen MR) is 107 cm³/mol. The Balaban J connectivity index is 1.61. The first-order valence-corrected chi connectivity index (χ1v) is 9.35. The minimum absolute atomic E-state index is 0.0480. The summed E-state index contributed by atoms with van der Waals surface area (Å²) in [7, 11) is 0. The molecule has 0 radical (unpaired) electrons. The molecule has 0 atom stereocenters. The maximum atomic E-state index is 11.7. The fourth-order valence-corrected chi connectivity index (χ4v) is 3.61. The largest absolute Gasteiger partial charge is 0.369 e. The molecule has 28 heavy (non-hydrogen) atoms. The van der Waals surface area contributed by atoms with Crippen molar-refractivity contribution in [3.63, 3.8) is 0 Å². The molecule has 0 saturated heterocycles. The molecule has 1 aromatic heterocycles. The molecular formula is C22H22N4O2. The van der Waals surface area contributed by atoms with Gasteiger partial charge < -0.3 is 15.6 Å². The number of hydrogen-bond acceptors (Lipinski definition) is 3. The lowest BCUT2D eigenvalue weighted by Gasteiger charge is -2.18. The summed E-state index contributed by atoms with van der Waals surface area (Å²) < 4.78 is 1.97. The van der Waals surface area contributed by atoms with Crippen molar-refractivity contribution < 1.29 is 9.59 Å². The van der Waals surface area contributed by atoms with Crippen molar-refractivity contribution in [3.05, 3.63) is 82.9 Å². The molecule has 0 fully saturated rings. The van der Waals surface area contributed by atoms with Crippen molar-refractivity contribution in [2.75, 3.05) is 5.32 Å². The SMILES string of the molecule is NC(=O)Cc1c(Cc2ccccc2)ncn1Cc1ccc2c(c1)NC(=O)CC2. The van der Waals surface area contributed by atoms with Gasteiger partial charge in [0.05, 0.1) is 24.1 Å². The highest BCUT2D eigenvalue weighted by Gasteiger charge is 2.17. The van der Waals surface area contributed by atoms with Crippen LogP contribution < -0.4 is 11.1 Å². The average Bonchev–Trinajstić information content (AvgIpc) is 3.03. The highest BCUT2D eigenvalue weighted by molar-refractivity contribution is 5.94. The molecular weight excluding hydrogens is 352 g/mol. The third kappa shape index (κ3) is 3.96. The zero-order valence-corrected chi connectivity index (χ0v) is 15.5. The van der Waals surface area contributed by atoms with Gasteiger partial charge in [-0.1, -0.05) is 42.5 Å². The molecule has 6 nitrogen and oxygen atoms in total. The molecule has 0 saturated carbocycles. The number of nitrogens with two attached hydrogens (primary N) is 1. The summed E-state index contributed by atoms with van der Waals surface area (Å²) in [6.45, 7) is 0.563. The number of nitrogens with zero attached hydrogens (tertiary/aromatic N) is 2. The van der Waals surface area contributed by atoms with Crippen molar-refractivity contribution in [2.24, 2.45) is 5.73 Å². The Kier molecular flexibility index (Phi) is 4.93. The van der Waals surface area contributed by atoms with Gasteiger partial charge in [0.1, 0.15) is 0 Å². The minimum Gasteiger partial charge on any atom is -0.369 e. The first kappa shape index (κ1) is 18.0. The molecule has 2 amide bonds. The maximum absolute atomic E-state index is 11.7. The van der Waals surface area contributed by atoms with E-state index in [1.165, 1.54) is 0 Å². The molecule has 1 aliphatic heterocycles. The zero-order chi connectivity index (χ0) is 19.5. The summed E-state index contributed by atoms with van der Waals surface area (Å²) in [6, 6.07) is 16.1. The monoisotopic (exact) mass is 374 g/mol. The third-order valence-electron chi connectivity index (χ3n) is 5.01. The molecule has 3 aromatic rings. The summed E-state index contributed by atoms with van der Waals surface area (Å²) >= 11 is 0. The van der Waals surface area contributed by atoms with Gasteiger partial charge in [-0.25, -0.2) is 4.98 Å². The van der Waals surface area contributed by atoms with Gasteiger partial charge in [0.15, 0.2) is 0 Å². The van der Waals surface area contributed by atoms with Crippen molar-refractivity contribution in [2.45, 2.75) is 32.2 Å². The minimum atomic E-state index is -0.381. The number of nitrogens with one attached hydrogen (secondary N) is 1. The Hall–Kier alpha value is -3.41. The highest BCUT2D eigenvalue weighted by Crippen LogP contribution is 2.25. The van der Waals surface area contributed by atoms with Crippen LogP contribution in [0, 0.1) is 0 Å². The first-order valence-electron chi connectivity index (χ1n) is 9.35. The lowest BCUT2D eigenvalue weighted by atomic mass is 10.0. The molecule has 6 heteroatoms. The molecule has 1 aliphatic rings. The van der Waals surface area contributed by atoms with Crippen molar-refractivity contribution in [1.82, 2.24) is 9.55 Å². The highest BCUT2D eigenvalue weighted by atomic mass is 16.2. The van der Waals surface area contributed by atoms with Crippen LogP contribution in [0.3, 0.4) is 0 Å². The quantitative estimate of drug-likeness (QED) is 0.694. The second kappa shape index (κ2) is 7.68. The normalized spacial score (nSPS) is 13.1. The summed E-state index contributed by atoms with van der Waals surface area (Å²) in [6.07, 6.45) is 3.84. The van der Waals surface area contributed by atoms with E-state index in [0.717, 1.165) is 40.2 Å². The van der Waals surface area contributed by atoms with E-state index in [1.807, 2.05) is 41.0 Å². The second-order valence-corrected chi connectivity index (χ2v) is 7.11. The number of rotatable bonds is 6. The van der Waals surface area contributed by atoms with Gasteiger partial charge in [-0.3, -0.25) is 9.59 Å². The number of hydrogen-bond donors (Lipinski definition) is 2. The average molecular weight is 374 g/mol. The van der Waals surface area contributed by atoms with Crippen LogP contribution in [0.25, 0.3) is 0 Å². The Bertz CT molecular complexity index is 1020. The summed E-state index contributed by atoms with van der Waals surface area (Å²) in [4.78, 5) is 27.9. The predicted octanol–water partition coefficient (Wildman–Crippen LogP) is 2.43. The smallest absolute Gasteiger partial charge is 0.224 e. The number of imidazole rings is 1. The van der Waals surface area contributed by atoms with E-state index in [2.05, 4.69) is 22.4 Å². The van der Waals surface area contributed by atoms with Gasteiger partial charge >= 0.3 is 0 Å². The molecule has 0 unspecified atom stereocenters. The number of benzene rings is 2. The van der Waals surface area contributed by atoms with Gasteiger partial charge in [0.2, 0.25) is 11.8 Å². The van der Waals surface area contributed by atoms with Crippen molar-refractivity contribution in [3.8, 4) is 0 Å². The number of aryl methyl sites for hydroxylation is 1. The molecule has 0 bridgehead atoms. The Morgan fingerprint density at radius 2 is 1.93 bits per heavy atom. The van der Waals surface area contributed by atoms with Gasteiger partial charge in [0, 0.05) is 25.1 Å². The number of amides is 2. The standard InChI is InChI=1S/C22H22N4O2/c23-21(27)12-20-19(10-15-4-2-1-3-5-15)24-14-26(20)13-16-6-7-17-8-9-22(28)25-18(17)11-16/h1-7,11,14H,8-10,12-13H2,(H2,23,27)(H,25,28). The lowest BCUT2D eigenvalue weighted by molar-refractivity contribution is -0.117. The number of carbonyl (C=O) groups is 2. The molecule has 0 spiro atoms. The molecule has 4 rings (SSSR count). The Morgan fingerprint density at radius 1 is 1.11 bits per heavy atom. The number of carbonyl (C=O) groups excluding carboxylic acids is 2. The number of aromatic nitrogens is 2. The van der Waals surface area contributed by atoms with Crippen LogP contribution in [-0.2, 0) is 35.4 Å². The molecule has 2 aromatic carbocycles. The molecule has 2 heterocycles. The number of fused-ring (bicyclic) bond motifs is 1. The van der Waals surface area contributed by atoms with Crippen molar-refractivity contribution >= 4 is 17.5 Å². The van der Waals surface area contributed by atoms with E-state index in [1.54, 1.807) is 6.33 Å². The van der Waals surface area contributed by atoms with Crippen LogP contribution in [-0.4, -0.2) is 21.4 Å². The van der Waals surface area contributed by atoms with Crippen LogP contribution >= 0.6 is 0 Å². The van der Waals surface area contributed by atoms with Crippen LogP contribution in [0.1, 0.15) is 34.5 Å². The van der Waals surface area contributed by atoms with Crippen molar-refractivity contribution in [1.29, 1.82) is 0 Å². The third-order valence-corrected chi connectivity index (χ3v) is 5.01. The number of primary amides is 1. The summed E-state index contributed by atoms with van der Waals surface area (Å²) in [5.41, 5.74) is 11.4. The number of anilines is 1. The molecule has 0 aliphatic carbocycles. The molecule has 3 N–H and O–H groups in total. The van der Waals surface area contributed by atoms with Crippen LogP contribution in [0.15, 0.2) is 54.9 Å². The van der Waals surface area contributed by atoms with E-state index in [9.17, 15) is 9.59 Å². The van der Waals surface area contributed by atoms with E-state index in [0.29, 0.717) is 19.4 Å². The zero-order valence-electron chi connectivity index (χ0n) is 15.5. The summed E-state index contributed by atoms with van der Waals surface area (Å²) in [5, 5.41) is 2.93. The van der Waals surface area contributed by atoms with Crippen LogP contribution in [0.5, 0.6) is 0 Å². The van der Waals surface area contributed by atoms with E-state index < -0.39 is 0 Å². The van der Waals surface area contributed by atoms with Crippen LogP contribution in [0.2, 0.25) is 0 Å². The maximum Gasteiger partial charge on any atom is 0.224 e. The van der Waals surface area contributed by atoms with E-state index in [-0.39, 0.29) is 18.2 Å². The van der Waals surface area contributed by atoms with E-state index in [4.69, 9.17) is 5.73 Å². The molecule has 142 valence electrons. The van der Waals surface area contributed by atoms with Gasteiger partial charge in [-0.15, -0.1) is 0 Å². The van der Waals surface area contributed by atoms with Gasteiger partial charge in [-0.05, 0) is 29.2 Å². The lowest BCUT2D eigenvalue weighted by Crippen LogP contribution is -2.20. The Labute approximate surface area is 163 Å². The second-order valence-electron chi connectivity index (χ2n) is 7.11. The first-order chi connectivity index (χ1) is 13.6. The van der Waals surface area contributed by atoms with Gasteiger partial charge in [-0.2, -0.15) is 0 Å². The Morgan fingerprint density at radius 3 is 2.71 bits per heavy atom. The fourth-order valence-electron chi connectivity index (χ4n) is 3.61.